The van der Waals surface area contributed by atoms with Crippen molar-refractivity contribution in [2.45, 2.75) is 30.8 Å². The summed E-state index contributed by atoms with van der Waals surface area (Å²) in [6.45, 7) is 4.46. The zero-order valence-electron chi connectivity index (χ0n) is 15.1. The van der Waals surface area contributed by atoms with Crippen molar-refractivity contribution in [2.75, 3.05) is 0 Å². The van der Waals surface area contributed by atoms with E-state index >= 15 is 0 Å². The van der Waals surface area contributed by atoms with Crippen LogP contribution < -0.4 is 5.32 Å². The molecule has 0 fully saturated rings. The summed E-state index contributed by atoms with van der Waals surface area (Å²) in [6.07, 6.45) is 0. The van der Waals surface area contributed by atoms with Gasteiger partial charge in [-0.1, -0.05) is 71.9 Å². The molecule has 6 heteroatoms. The summed E-state index contributed by atoms with van der Waals surface area (Å²) in [6, 6.07) is 18.0. The van der Waals surface area contributed by atoms with E-state index in [0.717, 1.165) is 22.1 Å². The van der Waals surface area contributed by atoms with Gasteiger partial charge in [-0.25, -0.2) is 0 Å². The zero-order chi connectivity index (χ0) is 18.5. The lowest BCUT2D eigenvalue weighted by molar-refractivity contribution is -0.120. The molecule has 0 saturated heterocycles. The molecule has 1 unspecified atom stereocenters. The van der Waals surface area contributed by atoms with Crippen LogP contribution in [0, 0.1) is 6.92 Å². The number of amides is 1. The highest BCUT2D eigenvalue weighted by Crippen LogP contribution is 2.25. The largest absolute Gasteiger partial charge is 0.351 e. The van der Waals surface area contributed by atoms with E-state index in [4.69, 9.17) is 0 Å². The van der Waals surface area contributed by atoms with Gasteiger partial charge in [-0.3, -0.25) is 4.79 Å². The van der Waals surface area contributed by atoms with Crippen LogP contribution in [0.1, 0.15) is 18.1 Å². The number of benzene rings is 2. The van der Waals surface area contributed by atoms with Gasteiger partial charge in [0.1, 0.15) is 0 Å². The molecule has 26 heavy (non-hydrogen) atoms. The van der Waals surface area contributed by atoms with Crippen molar-refractivity contribution in [2.24, 2.45) is 7.05 Å². The molecule has 0 bridgehead atoms. The third-order valence-corrected chi connectivity index (χ3v) is 5.24. The summed E-state index contributed by atoms with van der Waals surface area (Å²) in [4.78, 5) is 12.4. The molecule has 0 saturated carbocycles. The lowest BCUT2D eigenvalue weighted by atomic mass is 10.1. The first-order valence-electron chi connectivity index (χ1n) is 8.49. The molecule has 1 heterocycles. The Labute approximate surface area is 157 Å². The second-order valence-corrected chi connectivity index (χ2v) is 7.50. The number of hydrogen-bond donors (Lipinski definition) is 1. The van der Waals surface area contributed by atoms with Gasteiger partial charge in [-0.05, 0) is 19.4 Å². The SMILES string of the molecule is Cc1ccc(-c2nnc(SC(C)C(=O)NCc3ccccc3)n2C)cc1. The highest BCUT2D eigenvalue weighted by atomic mass is 32.2. The maximum absolute atomic E-state index is 12.4. The highest BCUT2D eigenvalue weighted by molar-refractivity contribution is 8.00. The van der Waals surface area contributed by atoms with Crippen molar-refractivity contribution in [1.82, 2.24) is 20.1 Å². The van der Waals surface area contributed by atoms with E-state index in [9.17, 15) is 4.79 Å². The van der Waals surface area contributed by atoms with Gasteiger partial charge in [-0.15, -0.1) is 10.2 Å². The monoisotopic (exact) mass is 366 g/mol. The van der Waals surface area contributed by atoms with Crippen molar-refractivity contribution < 1.29 is 4.79 Å². The predicted octanol–water partition coefficient (Wildman–Crippen LogP) is 3.59. The van der Waals surface area contributed by atoms with Gasteiger partial charge in [0.2, 0.25) is 5.91 Å². The average Bonchev–Trinajstić information content (AvgIpc) is 3.01. The summed E-state index contributed by atoms with van der Waals surface area (Å²) in [5.74, 6) is 0.781. The van der Waals surface area contributed by atoms with Gasteiger partial charge in [0, 0.05) is 19.2 Å². The number of hydrogen-bond acceptors (Lipinski definition) is 4. The molecule has 2 aromatic carbocycles. The topological polar surface area (TPSA) is 59.8 Å². The van der Waals surface area contributed by atoms with Crippen LogP contribution in [-0.4, -0.2) is 25.9 Å². The Morgan fingerprint density at radius 3 is 2.50 bits per heavy atom. The predicted molar refractivity (Wildman–Crippen MR) is 105 cm³/mol. The fourth-order valence-corrected chi connectivity index (χ4v) is 3.35. The lowest BCUT2D eigenvalue weighted by Crippen LogP contribution is -2.30. The third-order valence-electron chi connectivity index (χ3n) is 4.11. The molecule has 0 aliphatic heterocycles. The van der Waals surface area contributed by atoms with E-state index < -0.39 is 0 Å². The number of nitrogens with zero attached hydrogens (tertiary/aromatic N) is 3. The number of carbonyl (C=O) groups excluding carboxylic acids is 1. The Morgan fingerprint density at radius 1 is 1.12 bits per heavy atom. The molecule has 134 valence electrons. The molecule has 0 spiro atoms. The van der Waals surface area contributed by atoms with Crippen molar-refractivity contribution in [3.8, 4) is 11.4 Å². The molecule has 0 aliphatic carbocycles. The van der Waals surface area contributed by atoms with E-state index in [2.05, 4.69) is 34.6 Å². The van der Waals surface area contributed by atoms with E-state index in [1.165, 1.54) is 17.3 Å². The summed E-state index contributed by atoms with van der Waals surface area (Å²) in [7, 11) is 1.92. The minimum atomic E-state index is -0.257. The summed E-state index contributed by atoms with van der Waals surface area (Å²) in [5.41, 5.74) is 3.30. The van der Waals surface area contributed by atoms with Crippen LogP contribution in [0.25, 0.3) is 11.4 Å². The Balaban J connectivity index is 1.63. The number of rotatable bonds is 6. The van der Waals surface area contributed by atoms with Crippen LogP contribution in [0.15, 0.2) is 59.8 Å². The average molecular weight is 366 g/mol. The van der Waals surface area contributed by atoms with Gasteiger partial charge in [0.15, 0.2) is 11.0 Å². The minimum absolute atomic E-state index is 0.0151. The van der Waals surface area contributed by atoms with Crippen molar-refractivity contribution >= 4 is 17.7 Å². The molecule has 0 aliphatic rings. The van der Waals surface area contributed by atoms with Gasteiger partial charge < -0.3 is 9.88 Å². The summed E-state index contributed by atoms with van der Waals surface area (Å²) in [5, 5.41) is 12.0. The smallest absolute Gasteiger partial charge is 0.233 e. The maximum atomic E-state index is 12.4. The molecule has 1 aromatic heterocycles. The van der Waals surface area contributed by atoms with E-state index in [-0.39, 0.29) is 11.2 Å². The number of aryl methyl sites for hydroxylation is 1. The maximum Gasteiger partial charge on any atom is 0.233 e. The van der Waals surface area contributed by atoms with E-state index in [0.29, 0.717) is 6.54 Å². The molecule has 1 N–H and O–H groups in total. The minimum Gasteiger partial charge on any atom is -0.351 e. The van der Waals surface area contributed by atoms with Gasteiger partial charge in [-0.2, -0.15) is 0 Å². The summed E-state index contributed by atoms with van der Waals surface area (Å²) < 4.78 is 1.93. The number of thioether (sulfide) groups is 1. The highest BCUT2D eigenvalue weighted by Gasteiger charge is 2.19. The van der Waals surface area contributed by atoms with Crippen molar-refractivity contribution in [3.63, 3.8) is 0 Å². The number of carbonyl (C=O) groups is 1. The van der Waals surface area contributed by atoms with Crippen molar-refractivity contribution in [1.29, 1.82) is 0 Å². The number of nitrogens with one attached hydrogen (secondary N) is 1. The molecule has 1 amide bonds. The Hall–Kier alpha value is -2.60. The van der Waals surface area contributed by atoms with Crippen LogP contribution >= 0.6 is 11.8 Å². The van der Waals surface area contributed by atoms with E-state index in [1.807, 2.05) is 61.0 Å². The Bertz CT molecular complexity index is 875. The molecule has 3 rings (SSSR count). The first-order chi connectivity index (χ1) is 12.5. The van der Waals surface area contributed by atoms with E-state index in [1.54, 1.807) is 0 Å². The first kappa shape index (κ1) is 18.2. The van der Waals surface area contributed by atoms with Gasteiger partial charge in [0.05, 0.1) is 5.25 Å². The third kappa shape index (κ3) is 4.32. The molecule has 5 nitrogen and oxygen atoms in total. The second kappa shape index (κ2) is 8.19. The molecule has 1 atom stereocenters. The lowest BCUT2D eigenvalue weighted by Gasteiger charge is -2.11. The van der Waals surface area contributed by atoms with Crippen LogP contribution in [-0.2, 0) is 18.4 Å². The number of aromatic nitrogens is 3. The zero-order valence-corrected chi connectivity index (χ0v) is 16.0. The quantitative estimate of drug-likeness (QED) is 0.677. The van der Waals surface area contributed by atoms with Crippen molar-refractivity contribution in [3.05, 3.63) is 65.7 Å². The molecular formula is C20H22N4OS. The Kier molecular flexibility index (Phi) is 5.73. The molecular weight excluding hydrogens is 344 g/mol. The molecule has 3 aromatic rings. The fourth-order valence-electron chi connectivity index (χ4n) is 2.51. The summed E-state index contributed by atoms with van der Waals surface area (Å²) >= 11 is 1.41. The fraction of sp³-hybridized carbons (Fsp3) is 0.250. The molecule has 0 radical (unpaired) electrons. The normalized spacial score (nSPS) is 12.0. The van der Waals surface area contributed by atoms with Crippen LogP contribution in [0.3, 0.4) is 0 Å². The van der Waals surface area contributed by atoms with Crippen LogP contribution in [0.5, 0.6) is 0 Å². The van der Waals surface area contributed by atoms with Crippen LogP contribution in [0.2, 0.25) is 0 Å². The second-order valence-electron chi connectivity index (χ2n) is 6.19. The standard InChI is InChI=1S/C20H22N4OS/c1-14-9-11-17(12-10-14)18-22-23-20(24(18)3)26-15(2)19(25)21-13-16-7-5-4-6-8-16/h4-12,15H,13H2,1-3H3,(H,21,25). The Morgan fingerprint density at radius 2 is 1.81 bits per heavy atom. The first-order valence-corrected chi connectivity index (χ1v) is 9.37. The van der Waals surface area contributed by atoms with Gasteiger partial charge >= 0.3 is 0 Å². The van der Waals surface area contributed by atoms with Crippen LogP contribution in [0.4, 0.5) is 0 Å². The van der Waals surface area contributed by atoms with Gasteiger partial charge in [0.25, 0.3) is 0 Å².